The lowest BCUT2D eigenvalue weighted by molar-refractivity contribution is 0.669. The number of rotatable bonds is 5. The Morgan fingerprint density at radius 1 is 0.375 bits per heavy atom. The van der Waals surface area contributed by atoms with Crippen molar-refractivity contribution in [2.24, 2.45) is 0 Å². The molecule has 1 aliphatic heterocycles. The molecule has 0 radical (unpaired) electrons. The number of furan rings is 1. The zero-order valence-electron chi connectivity index (χ0n) is 30.3. The Kier molecular flexibility index (Phi) is 6.60. The normalized spacial score (nSPS) is 12.2. The maximum atomic E-state index is 6.32. The van der Waals surface area contributed by atoms with Gasteiger partial charge in [0.25, 0.3) is 0 Å². The van der Waals surface area contributed by atoms with Crippen molar-refractivity contribution in [1.29, 1.82) is 0 Å². The van der Waals surface area contributed by atoms with E-state index in [1.807, 2.05) is 12.1 Å². The molecule has 9 aromatic carbocycles. The summed E-state index contributed by atoms with van der Waals surface area (Å²) in [5.74, 6) is 0. The van der Waals surface area contributed by atoms with Gasteiger partial charge in [0.05, 0.1) is 22.4 Å². The van der Waals surface area contributed by atoms with E-state index in [0.717, 1.165) is 56.1 Å². The van der Waals surface area contributed by atoms with Crippen molar-refractivity contribution in [3.05, 3.63) is 200 Å². The third kappa shape index (κ3) is 4.53. The highest BCUT2D eigenvalue weighted by Crippen LogP contribution is 2.53. The van der Waals surface area contributed by atoms with Gasteiger partial charge < -0.3 is 18.8 Å². The molecule has 0 bridgehead atoms. The zero-order valence-corrected chi connectivity index (χ0v) is 30.3. The second kappa shape index (κ2) is 12.0. The van der Waals surface area contributed by atoms with Gasteiger partial charge in [0.2, 0.25) is 0 Å². The first-order valence-electron chi connectivity index (χ1n) is 19.1. The maximum absolute atomic E-state index is 6.32. The van der Waals surface area contributed by atoms with E-state index in [-0.39, 0.29) is 0 Å². The lowest BCUT2D eigenvalue weighted by atomic mass is 9.90. The summed E-state index contributed by atoms with van der Waals surface area (Å²) >= 11 is 0. The molecule has 0 fully saturated rings. The molecule has 0 atom stereocenters. The molecule has 0 aliphatic carbocycles. The van der Waals surface area contributed by atoms with Gasteiger partial charge in [-0.3, -0.25) is 0 Å². The van der Waals surface area contributed by atoms with Crippen molar-refractivity contribution >= 4 is 88.6 Å². The van der Waals surface area contributed by atoms with E-state index in [9.17, 15) is 0 Å². The lowest BCUT2D eigenvalue weighted by Crippen LogP contribution is -2.16. The van der Waals surface area contributed by atoms with Gasteiger partial charge in [0.1, 0.15) is 11.2 Å². The highest BCUT2D eigenvalue weighted by molar-refractivity contribution is 6.15. The van der Waals surface area contributed by atoms with E-state index in [1.165, 1.54) is 49.4 Å². The van der Waals surface area contributed by atoms with Crippen LogP contribution in [0.3, 0.4) is 0 Å². The van der Waals surface area contributed by atoms with Gasteiger partial charge in [0.15, 0.2) is 0 Å². The molecule has 0 saturated carbocycles. The Morgan fingerprint density at radius 3 is 1.84 bits per heavy atom. The SMILES string of the molecule is c1ccc(N2c3cc(N(c4ccc5oc6ccccc6c5c4)c4ccc5c(c4)c4ccccc4n5-c4ccccc4)ccc3-c3cccc4cccc2c34)cc1. The van der Waals surface area contributed by atoms with Crippen molar-refractivity contribution in [2.45, 2.75) is 0 Å². The minimum atomic E-state index is 0.877. The zero-order chi connectivity index (χ0) is 36.7. The molecule has 11 aromatic rings. The van der Waals surface area contributed by atoms with Crippen LogP contribution in [0.4, 0.5) is 34.1 Å². The predicted molar refractivity (Wildman–Crippen MR) is 234 cm³/mol. The van der Waals surface area contributed by atoms with Gasteiger partial charge >= 0.3 is 0 Å². The van der Waals surface area contributed by atoms with Crippen LogP contribution in [-0.4, -0.2) is 4.57 Å². The number of anilines is 6. The van der Waals surface area contributed by atoms with Crippen molar-refractivity contribution in [3.63, 3.8) is 0 Å². The molecule has 2 aromatic heterocycles. The molecule has 4 nitrogen and oxygen atoms in total. The quantitative estimate of drug-likeness (QED) is 0.177. The maximum Gasteiger partial charge on any atom is 0.135 e. The van der Waals surface area contributed by atoms with Crippen molar-refractivity contribution < 1.29 is 4.42 Å². The summed E-state index contributed by atoms with van der Waals surface area (Å²) in [7, 11) is 0. The molecule has 0 amide bonds. The standard InChI is InChI=1S/C52H33N3O/c1-3-15-35(16-4-1)54-46-22-9-7-19-40(46)44-31-37(26-29-47(44)54)53(38-27-30-51-45(32-38)42-20-8-10-24-50(42)56-51)39-25-28-41-43-21-11-13-34-14-12-23-48(52(34)43)55(49(41)33-39)36-17-5-2-6-18-36/h1-33H. The van der Waals surface area contributed by atoms with Gasteiger partial charge in [-0.1, -0.05) is 109 Å². The van der Waals surface area contributed by atoms with Crippen LogP contribution >= 0.6 is 0 Å². The van der Waals surface area contributed by atoms with E-state index in [4.69, 9.17) is 4.42 Å². The molecule has 3 heterocycles. The topological polar surface area (TPSA) is 24.6 Å². The Hall–Kier alpha value is -7.56. The van der Waals surface area contributed by atoms with Crippen LogP contribution in [0.5, 0.6) is 0 Å². The third-order valence-electron chi connectivity index (χ3n) is 11.5. The summed E-state index contributed by atoms with van der Waals surface area (Å²) < 4.78 is 8.69. The summed E-state index contributed by atoms with van der Waals surface area (Å²) in [6.07, 6.45) is 0. The molecule has 12 rings (SSSR count). The number of aromatic nitrogens is 1. The number of nitrogens with zero attached hydrogens (tertiary/aromatic N) is 3. The number of hydrogen-bond acceptors (Lipinski definition) is 3. The Bertz CT molecular complexity index is 3320. The minimum absolute atomic E-state index is 0.877. The average molecular weight is 716 g/mol. The molecule has 4 heteroatoms. The average Bonchev–Trinajstić information content (AvgIpc) is 3.80. The van der Waals surface area contributed by atoms with E-state index in [1.54, 1.807) is 0 Å². The van der Waals surface area contributed by atoms with Crippen molar-refractivity contribution in [2.75, 3.05) is 9.80 Å². The number of hydrogen-bond donors (Lipinski definition) is 0. The molecule has 0 unspecified atom stereocenters. The highest BCUT2D eigenvalue weighted by Gasteiger charge is 2.28. The Morgan fingerprint density at radius 2 is 1.00 bits per heavy atom. The summed E-state index contributed by atoms with van der Waals surface area (Å²) in [6, 6.07) is 72.2. The van der Waals surface area contributed by atoms with Crippen LogP contribution in [-0.2, 0) is 0 Å². The van der Waals surface area contributed by atoms with Crippen LogP contribution < -0.4 is 9.80 Å². The predicted octanol–water partition coefficient (Wildman–Crippen LogP) is 14.8. The number of para-hydroxylation sites is 4. The smallest absolute Gasteiger partial charge is 0.135 e. The van der Waals surface area contributed by atoms with Crippen LogP contribution in [0.2, 0.25) is 0 Å². The van der Waals surface area contributed by atoms with Gasteiger partial charge in [-0.15, -0.1) is 0 Å². The molecule has 0 spiro atoms. The first-order chi connectivity index (χ1) is 27.8. The molecule has 0 N–H and O–H groups in total. The molecular formula is C52H33N3O. The first-order valence-corrected chi connectivity index (χ1v) is 19.1. The van der Waals surface area contributed by atoms with E-state index in [2.05, 4.69) is 202 Å². The first kappa shape index (κ1) is 30.9. The van der Waals surface area contributed by atoms with Crippen LogP contribution in [0, 0.1) is 0 Å². The van der Waals surface area contributed by atoms with Crippen molar-refractivity contribution in [1.82, 2.24) is 4.57 Å². The van der Waals surface area contributed by atoms with E-state index >= 15 is 0 Å². The van der Waals surface area contributed by atoms with Gasteiger partial charge in [-0.2, -0.15) is 0 Å². The number of benzene rings is 9. The van der Waals surface area contributed by atoms with Crippen LogP contribution in [0.1, 0.15) is 0 Å². The highest BCUT2D eigenvalue weighted by atomic mass is 16.3. The monoisotopic (exact) mass is 715 g/mol. The molecule has 56 heavy (non-hydrogen) atoms. The largest absolute Gasteiger partial charge is 0.456 e. The second-order valence-electron chi connectivity index (χ2n) is 14.6. The fourth-order valence-electron chi connectivity index (χ4n) is 9.04. The summed E-state index contributed by atoms with van der Waals surface area (Å²) in [4.78, 5) is 4.83. The van der Waals surface area contributed by atoms with Crippen LogP contribution in [0.25, 0.3) is 71.3 Å². The Balaban J connectivity index is 1.13. The third-order valence-corrected chi connectivity index (χ3v) is 11.5. The van der Waals surface area contributed by atoms with Gasteiger partial charge in [0, 0.05) is 60.9 Å². The second-order valence-corrected chi connectivity index (χ2v) is 14.6. The fourth-order valence-corrected chi connectivity index (χ4v) is 9.04. The van der Waals surface area contributed by atoms with Crippen molar-refractivity contribution in [3.8, 4) is 16.8 Å². The molecule has 262 valence electrons. The summed E-state index contributed by atoms with van der Waals surface area (Å²) in [5.41, 5.74) is 14.4. The van der Waals surface area contributed by atoms with Crippen LogP contribution in [0.15, 0.2) is 205 Å². The molecule has 0 saturated heterocycles. The summed E-state index contributed by atoms with van der Waals surface area (Å²) in [5, 5.41) is 7.13. The van der Waals surface area contributed by atoms with E-state index < -0.39 is 0 Å². The summed E-state index contributed by atoms with van der Waals surface area (Å²) in [6.45, 7) is 0. The lowest BCUT2D eigenvalue weighted by Gasteiger charge is -2.35. The minimum Gasteiger partial charge on any atom is -0.456 e. The number of fused-ring (bicyclic) bond motifs is 8. The fraction of sp³-hybridized carbons (Fsp3) is 0. The molecule has 1 aliphatic rings. The van der Waals surface area contributed by atoms with Gasteiger partial charge in [-0.25, -0.2) is 0 Å². The van der Waals surface area contributed by atoms with Gasteiger partial charge in [-0.05, 0) is 102 Å². The van der Waals surface area contributed by atoms with E-state index in [0.29, 0.717) is 0 Å². The molecular weight excluding hydrogens is 683 g/mol. The Labute approximate surface area is 323 Å².